The number of hydrogen-bond donors (Lipinski definition) is 1. The molecule has 28 heavy (non-hydrogen) atoms. The number of piperazine rings is 1. The van der Waals surface area contributed by atoms with E-state index in [1.807, 2.05) is 24.3 Å². The standard InChI is InChI=1S/C23H22ClFN2O/c24-21-14-20(28)10-11-22(21)27-13-12-26(15-17-4-2-1-3-5-17)16-23(27)18-6-8-19(25)9-7-18/h1-11,14,23,28H,12-13,15-16H2/t23-/m0/s1. The van der Waals surface area contributed by atoms with Crippen LogP contribution in [-0.4, -0.2) is 29.6 Å². The molecule has 1 aliphatic heterocycles. The second kappa shape index (κ2) is 8.21. The van der Waals surface area contributed by atoms with Gasteiger partial charge in [-0.2, -0.15) is 0 Å². The molecule has 0 saturated carbocycles. The molecule has 4 rings (SSSR count). The van der Waals surface area contributed by atoms with Gasteiger partial charge < -0.3 is 10.0 Å². The van der Waals surface area contributed by atoms with E-state index in [-0.39, 0.29) is 17.6 Å². The smallest absolute Gasteiger partial charge is 0.123 e. The summed E-state index contributed by atoms with van der Waals surface area (Å²) >= 11 is 6.43. The number of nitrogens with zero attached hydrogens (tertiary/aromatic N) is 2. The molecule has 0 aliphatic carbocycles. The Labute approximate surface area is 169 Å². The third kappa shape index (κ3) is 4.13. The van der Waals surface area contributed by atoms with Crippen LogP contribution >= 0.6 is 11.6 Å². The number of anilines is 1. The summed E-state index contributed by atoms with van der Waals surface area (Å²) < 4.78 is 13.5. The van der Waals surface area contributed by atoms with Gasteiger partial charge in [0.25, 0.3) is 0 Å². The van der Waals surface area contributed by atoms with Crippen molar-refractivity contribution in [2.24, 2.45) is 0 Å². The number of aromatic hydroxyl groups is 1. The van der Waals surface area contributed by atoms with E-state index in [4.69, 9.17) is 11.6 Å². The molecule has 3 aromatic carbocycles. The normalized spacial score (nSPS) is 17.6. The fraction of sp³-hybridized carbons (Fsp3) is 0.217. The molecule has 0 aromatic heterocycles. The van der Waals surface area contributed by atoms with E-state index in [2.05, 4.69) is 34.1 Å². The zero-order chi connectivity index (χ0) is 19.5. The molecule has 0 unspecified atom stereocenters. The van der Waals surface area contributed by atoms with Crippen molar-refractivity contribution in [3.63, 3.8) is 0 Å². The van der Waals surface area contributed by atoms with Gasteiger partial charge in [-0.25, -0.2) is 4.39 Å². The molecule has 0 radical (unpaired) electrons. The largest absolute Gasteiger partial charge is 0.508 e. The number of phenols is 1. The molecule has 1 saturated heterocycles. The van der Waals surface area contributed by atoms with Crippen LogP contribution in [0.1, 0.15) is 17.2 Å². The topological polar surface area (TPSA) is 26.7 Å². The van der Waals surface area contributed by atoms with Gasteiger partial charge in [0.05, 0.1) is 16.8 Å². The van der Waals surface area contributed by atoms with E-state index in [9.17, 15) is 9.50 Å². The summed E-state index contributed by atoms with van der Waals surface area (Å²) in [4.78, 5) is 4.66. The molecule has 5 heteroatoms. The van der Waals surface area contributed by atoms with E-state index in [0.29, 0.717) is 5.02 Å². The highest BCUT2D eigenvalue weighted by Gasteiger charge is 2.29. The molecule has 1 fully saturated rings. The van der Waals surface area contributed by atoms with Gasteiger partial charge >= 0.3 is 0 Å². The Morgan fingerprint density at radius 3 is 2.43 bits per heavy atom. The quantitative estimate of drug-likeness (QED) is 0.652. The Morgan fingerprint density at radius 2 is 1.71 bits per heavy atom. The van der Waals surface area contributed by atoms with Crippen molar-refractivity contribution in [1.29, 1.82) is 0 Å². The molecule has 1 aliphatic rings. The van der Waals surface area contributed by atoms with E-state index >= 15 is 0 Å². The molecule has 1 atom stereocenters. The fourth-order valence-electron chi connectivity index (χ4n) is 3.81. The second-order valence-electron chi connectivity index (χ2n) is 7.12. The summed E-state index contributed by atoms with van der Waals surface area (Å²) in [5.74, 6) is -0.0929. The average Bonchev–Trinajstić information content (AvgIpc) is 2.70. The van der Waals surface area contributed by atoms with Crippen LogP contribution in [0.4, 0.5) is 10.1 Å². The SMILES string of the molecule is Oc1ccc(N2CCN(Cc3ccccc3)C[C@H]2c2ccc(F)cc2)c(Cl)c1. The lowest BCUT2D eigenvalue weighted by molar-refractivity contribution is 0.215. The highest BCUT2D eigenvalue weighted by atomic mass is 35.5. The van der Waals surface area contributed by atoms with Gasteiger partial charge in [-0.1, -0.05) is 54.1 Å². The molecule has 3 nitrogen and oxygen atoms in total. The zero-order valence-corrected chi connectivity index (χ0v) is 16.2. The summed E-state index contributed by atoms with van der Waals surface area (Å²) in [7, 11) is 0. The number of benzene rings is 3. The van der Waals surface area contributed by atoms with Gasteiger partial charge in [-0.15, -0.1) is 0 Å². The third-order valence-corrected chi connectivity index (χ3v) is 5.51. The predicted molar refractivity (Wildman–Crippen MR) is 111 cm³/mol. The van der Waals surface area contributed by atoms with Crippen molar-refractivity contribution in [3.8, 4) is 5.75 Å². The first kappa shape index (κ1) is 18.8. The van der Waals surface area contributed by atoms with Crippen molar-refractivity contribution in [3.05, 3.63) is 94.8 Å². The minimum absolute atomic E-state index is 0.0418. The minimum atomic E-state index is -0.241. The van der Waals surface area contributed by atoms with Gasteiger partial charge in [-0.3, -0.25) is 4.90 Å². The molecule has 1 N–H and O–H groups in total. The molecule has 0 bridgehead atoms. The first-order valence-electron chi connectivity index (χ1n) is 9.37. The van der Waals surface area contributed by atoms with E-state index in [1.165, 1.54) is 17.7 Å². The lowest BCUT2D eigenvalue weighted by Crippen LogP contribution is -2.48. The summed E-state index contributed by atoms with van der Waals surface area (Å²) in [5, 5.41) is 10.2. The number of halogens is 2. The third-order valence-electron chi connectivity index (χ3n) is 5.21. The van der Waals surface area contributed by atoms with Crippen LogP contribution in [0, 0.1) is 5.82 Å². The molecular formula is C23H22ClFN2O. The highest BCUT2D eigenvalue weighted by molar-refractivity contribution is 6.33. The van der Waals surface area contributed by atoms with Crippen molar-refractivity contribution in [1.82, 2.24) is 4.90 Å². The van der Waals surface area contributed by atoms with Gasteiger partial charge in [-0.05, 0) is 35.4 Å². The summed E-state index contributed by atoms with van der Waals surface area (Å²) in [6, 6.07) is 22.2. The molecule has 1 heterocycles. The Balaban J connectivity index is 1.63. The lowest BCUT2D eigenvalue weighted by atomic mass is 10.0. The van der Waals surface area contributed by atoms with Crippen LogP contribution < -0.4 is 4.90 Å². The van der Waals surface area contributed by atoms with Gasteiger partial charge in [0.2, 0.25) is 0 Å². The maximum absolute atomic E-state index is 13.5. The van der Waals surface area contributed by atoms with Crippen LogP contribution in [0.25, 0.3) is 0 Å². The summed E-state index contributed by atoms with van der Waals surface area (Å²) in [6.45, 7) is 3.36. The van der Waals surface area contributed by atoms with Crippen LogP contribution in [0.15, 0.2) is 72.8 Å². The Hall–Kier alpha value is -2.56. The Kier molecular flexibility index (Phi) is 5.51. The van der Waals surface area contributed by atoms with Crippen molar-refractivity contribution in [2.45, 2.75) is 12.6 Å². The van der Waals surface area contributed by atoms with Gasteiger partial charge in [0, 0.05) is 32.2 Å². The van der Waals surface area contributed by atoms with Gasteiger partial charge in [0.15, 0.2) is 0 Å². The number of rotatable bonds is 4. The van der Waals surface area contributed by atoms with Crippen LogP contribution in [0.2, 0.25) is 5.02 Å². The molecule has 144 valence electrons. The molecule has 0 amide bonds. The van der Waals surface area contributed by atoms with E-state index in [1.54, 1.807) is 12.1 Å². The number of hydrogen-bond acceptors (Lipinski definition) is 3. The predicted octanol–water partition coefficient (Wildman–Crippen LogP) is 5.25. The van der Waals surface area contributed by atoms with Crippen LogP contribution in [-0.2, 0) is 6.54 Å². The fourth-order valence-corrected chi connectivity index (χ4v) is 4.10. The molecule has 0 spiro atoms. The Bertz CT molecular complexity index is 933. The first-order valence-corrected chi connectivity index (χ1v) is 9.75. The zero-order valence-electron chi connectivity index (χ0n) is 15.4. The summed E-state index contributed by atoms with van der Waals surface area (Å²) in [5.41, 5.74) is 3.20. The molecular weight excluding hydrogens is 375 g/mol. The van der Waals surface area contributed by atoms with E-state index in [0.717, 1.165) is 37.4 Å². The molecule has 3 aromatic rings. The van der Waals surface area contributed by atoms with Crippen molar-refractivity contribution in [2.75, 3.05) is 24.5 Å². The second-order valence-corrected chi connectivity index (χ2v) is 7.52. The monoisotopic (exact) mass is 396 g/mol. The van der Waals surface area contributed by atoms with Crippen molar-refractivity contribution >= 4 is 17.3 Å². The van der Waals surface area contributed by atoms with Crippen LogP contribution in [0.5, 0.6) is 5.75 Å². The number of phenolic OH excluding ortho intramolecular Hbond substituents is 1. The van der Waals surface area contributed by atoms with E-state index < -0.39 is 0 Å². The average molecular weight is 397 g/mol. The van der Waals surface area contributed by atoms with Crippen LogP contribution in [0.3, 0.4) is 0 Å². The summed E-state index contributed by atoms with van der Waals surface area (Å²) in [6.07, 6.45) is 0. The highest BCUT2D eigenvalue weighted by Crippen LogP contribution is 2.37. The Morgan fingerprint density at radius 1 is 0.964 bits per heavy atom. The maximum Gasteiger partial charge on any atom is 0.123 e. The lowest BCUT2D eigenvalue weighted by Gasteiger charge is -2.43. The minimum Gasteiger partial charge on any atom is -0.508 e. The maximum atomic E-state index is 13.5. The first-order chi connectivity index (χ1) is 13.6. The van der Waals surface area contributed by atoms with Crippen molar-refractivity contribution < 1.29 is 9.50 Å². The van der Waals surface area contributed by atoms with Gasteiger partial charge in [0.1, 0.15) is 11.6 Å².